The number of benzene rings is 3. The zero-order valence-corrected chi connectivity index (χ0v) is 26.2. The molecule has 1 atom stereocenters. The van der Waals surface area contributed by atoms with E-state index in [0.29, 0.717) is 20.4 Å². The average molecular weight is 689 g/mol. The zero-order chi connectivity index (χ0) is 31.2. The van der Waals surface area contributed by atoms with Crippen LogP contribution in [-0.2, 0) is 38.8 Å². The van der Waals surface area contributed by atoms with Crippen molar-refractivity contribution in [2.75, 3.05) is 17.1 Å². The minimum atomic E-state index is -4.78. The summed E-state index contributed by atoms with van der Waals surface area (Å²) in [5.74, 6) is -1.28. The van der Waals surface area contributed by atoms with Gasteiger partial charge in [0.05, 0.1) is 22.5 Å². The van der Waals surface area contributed by atoms with Crippen molar-refractivity contribution in [1.82, 2.24) is 10.2 Å². The second-order valence-electron chi connectivity index (χ2n) is 9.95. The third-order valence-electron chi connectivity index (χ3n) is 6.17. The maximum absolute atomic E-state index is 14.0. The number of rotatable bonds is 11. The first-order valence-corrected chi connectivity index (χ1v) is 15.8. The van der Waals surface area contributed by atoms with Crippen LogP contribution in [0.25, 0.3) is 0 Å². The van der Waals surface area contributed by atoms with Crippen molar-refractivity contribution in [2.45, 2.75) is 45.1 Å². The van der Waals surface area contributed by atoms with Crippen LogP contribution in [0.15, 0.2) is 77.3 Å². The van der Waals surface area contributed by atoms with Crippen molar-refractivity contribution in [1.29, 1.82) is 0 Å². The number of hydrogen-bond acceptors (Lipinski definition) is 4. The Kier molecular flexibility index (Phi) is 11.1. The van der Waals surface area contributed by atoms with Gasteiger partial charge in [0, 0.05) is 23.5 Å². The van der Waals surface area contributed by atoms with Crippen LogP contribution in [0, 0.1) is 0 Å². The lowest BCUT2D eigenvalue weighted by Gasteiger charge is -2.34. The van der Waals surface area contributed by atoms with E-state index in [-0.39, 0.29) is 24.0 Å². The third-order valence-corrected chi connectivity index (χ3v) is 8.10. The van der Waals surface area contributed by atoms with Gasteiger partial charge in [-0.15, -0.1) is 0 Å². The predicted octanol–water partition coefficient (Wildman–Crippen LogP) is 6.05. The fourth-order valence-corrected chi connectivity index (χ4v) is 5.81. The van der Waals surface area contributed by atoms with Crippen molar-refractivity contribution >= 4 is 55.1 Å². The average Bonchev–Trinajstić information content (AvgIpc) is 2.88. The minimum Gasteiger partial charge on any atom is -0.352 e. The Morgan fingerprint density at radius 1 is 0.976 bits per heavy atom. The number of nitrogens with zero attached hydrogens (tertiary/aromatic N) is 2. The molecule has 3 rings (SSSR count). The van der Waals surface area contributed by atoms with E-state index in [1.165, 1.54) is 4.90 Å². The van der Waals surface area contributed by atoms with Crippen LogP contribution in [0.2, 0.25) is 5.02 Å². The number of anilines is 1. The lowest BCUT2D eigenvalue weighted by atomic mass is 10.0. The summed E-state index contributed by atoms with van der Waals surface area (Å²) in [6, 6.07) is 16.9. The van der Waals surface area contributed by atoms with E-state index in [9.17, 15) is 31.2 Å². The minimum absolute atomic E-state index is 0.0881. The molecule has 0 radical (unpaired) electrons. The quantitative estimate of drug-likeness (QED) is 0.266. The summed E-state index contributed by atoms with van der Waals surface area (Å²) in [6.45, 7) is 2.54. The molecule has 0 aliphatic rings. The molecule has 3 aromatic carbocycles. The van der Waals surface area contributed by atoms with Gasteiger partial charge in [-0.05, 0) is 55.3 Å². The van der Waals surface area contributed by atoms with Gasteiger partial charge in [-0.3, -0.25) is 13.9 Å². The monoisotopic (exact) mass is 687 g/mol. The first-order chi connectivity index (χ1) is 19.6. The number of amides is 2. The van der Waals surface area contributed by atoms with Crippen molar-refractivity contribution in [2.24, 2.45) is 0 Å². The standard InChI is InChI=1S/C29H30BrClF3N3O4S/c1-19(2)35-28(39)26(15-20-8-5-4-6-9-20)36(17-21-10-7-11-23(30)14-21)27(38)18-37(42(3,40)41)25-16-22(29(32,33)34)12-13-24(25)31/h4-14,16,19,26H,15,17-18H2,1-3H3,(H,35,39)/t26-/m1/s1. The van der Waals surface area contributed by atoms with Gasteiger partial charge in [0.15, 0.2) is 0 Å². The molecule has 0 unspecified atom stereocenters. The summed E-state index contributed by atoms with van der Waals surface area (Å²) in [6.07, 6.45) is -3.92. The highest BCUT2D eigenvalue weighted by atomic mass is 79.9. The Morgan fingerprint density at radius 3 is 2.19 bits per heavy atom. The van der Waals surface area contributed by atoms with Gasteiger partial charge in [0.1, 0.15) is 12.6 Å². The highest BCUT2D eigenvalue weighted by Crippen LogP contribution is 2.36. The Labute approximate surface area is 256 Å². The van der Waals surface area contributed by atoms with Crippen molar-refractivity contribution in [3.63, 3.8) is 0 Å². The molecule has 226 valence electrons. The molecule has 2 amide bonds. The summed E-state index contributed by atoms with van der Waals surface area (Å²) >= 11 is 9.56. The van der Waals surface area contributed by atoms with Gasteiger partial charge in [0.2, 0.25) is 21.8 Å². The molecule has 0 aromatic heterocycles. The Morgan fingerprint density at radius 2 is 1.62 bits per heavy atom. The molecule has 3 aromatic rings. The SMILES string of the molecule is CC(C)NC(=O)[C@@H](Cc1ccccc1)N(Cc1cccc(Br)c1)C(=O)CN(c1cc(C(F)(F)F)ccc1Cl)S(C)(=O)=O. The van der Waals surface area contributed by atoms with Crippen molar-refractivity contribution in [3.8, 4) is 0 Å². The van der Waals surface area contributed by atoms with E-state index in [0.717, 1.165) is 24.0 Å². The summed E-state index contributed by atoms with van der Waals surface area (Å²) < 4.78 is 67.5. The summed E-state index contributed by atoms with van der Waals surface area (Å²) in [7, 11) is -4.31. The maximum Gasteiger partial charge on any atom is 0.416 e. The second-order valence-corrected chi connectivity index (χ2v) is 13.2. The predicted molar refractivity (Wildman–Crippen MR) is 161 cm³/mol. The largest absolute Gasteiger partial charge is 0.416 e. The third kappa shape index (κ3) is 9.20. The molecule has 7 nitrogen and oxygen atoms in total. The normalized spacial score (nSPS) is 12.6. The van der Waals surface area contributed by atoms with Crippen LogP contribution in [0.1, 0.15) is 30.5 Å². The molecule has 0 bridgehead atoms. The fraction of sp³-hybridized carbons (Fsp3) is 0.310. The molecular formula is C29H30BrClF3N3O4S. The number of halogens is 5. The van der Waals surface area contributed by atoms with Crippen LogP contribution < -0.4 is 9.62 Å². The molecule has 42 heavy (non-hydrogen) atoms. The highest BCUT2D eigenvalue weighted by molar-refractivity contribution is 9.10. The van der Waals surface area contributed by atoms with Gasteiger partial charge in [-0.25, -0.2) is 8.42 Å². The number of carbonyl (C=O) groups is 2. The molecular weight excluding hydrogens is 659 g/mol. The summed E-state index contributed by atoms with van der Waals surface area (Å²) in [5, 5.41) is 2.53. The highest BCUT2D eigenvalue weighted by Gasteiger charge is 2.36. The fourth-order valence-electron chi connectivity index (χ4n) is 4.24. The Bertz CT molecular complexity index is 1520. The van der Waals surface area contributed by atoms with E-state index in [1.807, 2.05) is 0 Å². The maximum atomic E-state index is 14.0. The van der Waals surface area contributed by atoms with Gasteiger partial charge >= 0.3 is 6.18 Å². The first-order valence-electron chi connectivity index (χ1n) is 12.8. The molecule has 0 saturated heterocycles. The first kappa shape index (κ1) is 33.4. The van der Waals surface area contributed by atoms with E-state index < -0.39 is 51.9 Å². The molecule has 0 heterocycles. The van der Waals surface area contributed by atoms with Crippen molar-refractivity contribution in [3.05, 3.63) is 99.0 Å². The molecule has 1 N–H and O–H groups in total. The second kappa shape index (κ2) is 13.9. The topological polar surface area (TPSA) is 86.8 Å². The molecule has 0 aliphatic carbocycles. The van der Waals surface area contributed by atoms with Crippen LogP contribution in [-0.4, -0.2) is 50.0 Å². The molecule has 0 spiro atoms. The smallest absolute Gasteiger partial charge is 0.352 e. The van der Waals surface area contributed by atoms with Gasteiger partial charge < -0.3 is 10.2 Å². The Balaban J connectivity index is 2.12. The summed E-state index contributed by atoms with van der Waals surface area (Å²) in [5.41, 5.74) is -0.256. The molecule has 13 heteroatoms. The number of carbonyl (C=O) groups excluding carboxylic acids is 2. The number of alkyl halides is 3. The van der Waals surface area contributed by atoms with Gasteiger partial charge in [-0.1, -0.05) is 70.0 Å². The van der Waals surface area contributed by atoms with Crippen LogP contribution in [0.4, 0.5) is 18.9 Å². The van der Waals surface area contributed by atoms with E-state index in [1.54, 1.807) is 68.4 Å². The van der Waals surface area contributed by atoms with Crippen LogP contribution in [0.3, 0.4) is 0 Å². The number of hydrogen-bond donors (Lipinski definition) is 1. The molecule has 0 aliphatic heterocycles. The van der Waals surface area contributed by atoms with E-state index >= 15 is 0 Å². The van der Waals surface area contributed by atoms with E-state index in [4.69, 9.17) is 11.6 Å². The number of nitrogens with one attached hydrogen (secondary N) is 1. The van der Waals surface area contributed by atoms with Crippen LogP contribution >= 0.6 is 27.5 Å². The van der Waals surface area contributed by atoms with Gasteiger partial charge in [0.25, 0.3) is 0 Å². The van der Waals surface area contributed by atoms with Crippen molar-refractivity contribution < 1.29 is 31.2 Å². The van der Waals surface area contributed by atoms with Crippen LogP contribution in [0.5, 0.6) is 0 Å². The Hall–Kier alpha value is -3.09. The summed E-state index contributed by atoms with van der Waals surface area (Å²) in [4.78, 5) is 28.8. The number of sulfonamides is 1. The molecule has 0 fully saturated rings. The zero-order valence-electron chi connectivity index (χ0n) is 23.0. The van der Waals surface area contributed by atoms with E-state index in [2.05, 4.69) is 21.2 Å². The lowest BCUT2D eigenvalue weighted by Crippen LogP contribution is -2.54. The lowest BCUT2D eigenvalue weighted by molar-refractivity contribution is -0.140. The van der Waals surface area contributed by atoms with Gasteiger partial charge in [-0.2, -0.15) is 13.2 Å². The molecule has 0 saturated carbocycles.